The molecule has 4 nitrogen and oxygen atoms in total. The van der Waals surface area contributed by atoms with Gasteiger partial charge in [0.15, 0.2) is 0 Å². The zero-order chi connectivity index (χ0) is 12.3. The van der Waals surface area contributed by atoms with Crippen LogP contribution in [0.2, 0.25) is 0 Å². The van der Waals surface area contributed by atoms with Gasteiger partial charge in [-0.1, -0.05) is 13.8 Å². The maximum atomic E-state index is 11.6. The second kappa shape index (κ2) is 4.94. The van der Waals surface area contributed by atoms with Gasteiger partial charge < -0.3 is 4.74 Å². The smallest absolute Gasteiger partial charge is 0.313 e. The van der Waals surface area contributed by atoms with Crippen molar-refractivity contribution < 1.29 is 19.7 Å². The molecule has 0 aromatic carbocycles. The van der Waals surface area contributed by atoms with E-state index in [1.807, 2.05) is 13.8 Å². The van der Waals surface area contributed by atoms with E-state index >= 15 is 0 Å². The minimum absolute atomic E-state index is 0.259. The first-order chi connectivity index (χ1) is 6.60. The van der Waals surface area contributed by atoms with Gasteiger partial charge in [0.2, 0.25) is 5.79 Å². The van der Waals surface area contributed by atoms with Crippen molar-refractivity contribution in [2.45, 2.75) is 53.8 Å². The van der Waals surface area contributed by atoms with Gasteiger partial charge in [-0.05, 0) is 26.7 Å². The molecule has 0 saturated carbocycles. The molecule has 0 rings (SSSR count). The molecule has 0 spiro atoms. The molecule has 0 aromatic heterocycles. The van der Waals surface area contributed by atoms with Crippen molar-refractivity contribution in [1.29, 1.82) is 0 Å². The highest BCUT2D eigenvalue weighted by molar-refractivity contribution is 5.75. The van der Waals surface area contributed by atoms with Gasteiger partial charge in [0.1, 0.15) is 0 Å². The molecule has 1 atom stereocenters. The number of carbonyl (C=O) groups excluding carboxylic acids is 1. The third-order valence-corrected chi connectivity index (χ3v) is 1.89. The minimum atomic E-state index is -1.25. The zero-order valence-corrected chi connectivity index (χ0v) is 10.5. The van der Waals surface area contributed by atoms with E-state index in [2.05, 4.69) is 4.89 Å². The molecule has 90 valence electrons. The van der Waals surface area contributed by atoms with Crippen LogP contribution in [0.1, 0.15) is 48.0 Å². The Kier molecular flexibility index (Phi) is 4.74. The van der Waals surface area contributed by atoms with Crippen LogP contribution in [0.25, 0.3) is 0 Å². The number of carbonyl (C=O) groups is 1. The lowest BCUT2D eigenvalue weighted by atomic mass is 9.96. The zero-order valence-electron chi connectivity index (χ0n) is 10.5. The molecule has 0 saturated heterocycles. The third-order valence-electron chi connectivity index (χ3n) is 1.89. The summed E-state index contributed by atoms with van der Waals surface area (Å²) >= 11 is 0. The Labute approximate surface area is 91.5 Å². The van der Waals surface area contributed by atoms with E-state index < -0.39 is 11.2 Å². The first kappa shape index (κ1) is 14.4. The fourth-order valence-corrected chi connectivity index (χ4v) is 1.19. The topological polar surface area (TPSA) is 55.8 Å². The van der Waals surface area contributed by atoms with Crippen LogP contribution in [0.4, 0.5) is 0 Å². The monoisotopic (exact) mass is 218 g/mol. The second-order valence-corrected chi connectivity index (χ2v) is 5.46. The lowest BCUT2D eigenvalue weighted by molar-refractivity contribution is -0.391. The van der Waals surface area contributed by atoms with Crippen LogP contribution < -0.4 is 0 Å². The van der Waals surface area contributed by atoms with E-state index in [0.29, 0.717) is 6.42 Å². The lowest BCUT2D eigenvalue weighted by Crippen LogP contribution is -2.39. The summed E-state index contributed by atoms with van der Waals surface area (Å²) in [5.41, 5.74) is -0.600. The summed E-state index contributed by atoms with van der Waals surface area (Å²) in [5, 5.41) is 8.77. The van der Waals surface area contributed by atoms with Gasteiger partial charge >= 0.3 is 5.97 Å². The van der Waals surface area contributed by atoms with Crippen molar-refractivity contribution in [3.8, 4) is 0 Å². The summed E-state index contributed by atoms with van der Waals surface area (Å²) in [6, 6.07) is 0. The van der Waals surface area contributed by atoms with Gasteiger partial charge in [-0.25, -0.2) is 5.26 Å². The van der Waals surface area contributed by atoms with E-state index in [-0.39, 0.29) is 11.9 Å². The van der Waals surface area contributed by atoms with Crippen molar-refractivity contribution in [2.24, 2.45) is 11.3 Å². The lowest BCUT2D eigenvalue weighted by Gasteiger charge is -2.30. The van der Waals surface area contributed by atoms with Gasteiger partial charge in [-0.2, -0.15) is 4.89 Å². The summed E-state index contributed by atoms with van der Waals surface area (Å²) < 4.78 is 5.15. The molecular formula is C11H22O4. The molecule has 0 aliphatic heterocycles. The molecule has 4 heteroatoms. The Morgan fingerprint density at radius 2 is 1.73 bits per heavy atom. The normalized spacial score (nSPS) is 16.3. The highest BCUT2D eigenvalue weighted by atomic mass is 17.1. The number of hydrogen-bond acceptors (Lipinski definition) is 4. The molecule has 0 amide bonds. The van der Waals surface area contributed by atoms with Crippen molar-refractivity contribution in [3.05, 3.63) is 0 Å². The summed E-state index contributed by atoms with van der Waals surface area (Å²) in [5.74, 6) is -1.38. The highest BCUT2D eigenvalue weighted by Crippen LogP contribution is 2.26. The van der Waals surface area contributed by atoms with Crippen LogP contribution in [-0.2, 0) is 14.4 Å². The standard InChI is InChI=1S/C11H22O4/c1-8(2)7-11(6,15-13)14-9(12)10(3,4)5/h8,13H,7H2,1-6H3. The summed E-state index contributed by atoms with van der Waals surface area (Å²) in [6.07, 6.45) is 0.450. The molecule has 0 aliphatic carbocycles. The predicted octanol–water partition coefficient (Wildman–Crippen LogP) is 2.83. The fraction of sp³-hybridized carbons (Fsp3) is 0.909. The van der Waals surface area contributed by atoms with Crippen LogP contribution in [-0.4, -0.2) is 17.0 Å². The van der Waals surface area contributed by atoms with Gasteiger partial charge in [0.25, 0.3) is 0 Å². The summed E-state index contributed by atoms with van der Waals surface area (Å²) in [6.45, 7) is 10.7. The van der Waals surface area contributed by atoms with Crippen molar-refractivity contribution >= 4 is 5.97 Å². The van der Waals surface area contributed by atoms with Crippen LogP contribution in [0, 0.1) is 11.3 Å². The van der Waals surface area contributed by atoms with Crippen molar-refractivity contribution in [2.75, 3.05) is 0 Å². The molecule has 0 radical (unpaired) electrons. The predicted molar refractivity (Wildman–Crippen MR) is 57.1 cm³/mol. The minimum Gasteiger partial charge on any atom is -0.430 e. The maximum absolute atomic E-state index is 11.6. The summed E-state index contributed by atoms with van der Waals surface area (Å²) in [7, 11) is 0. The van der Waals surface area contributed by atoms with Crippen LogP contribution >= 0.6 is 0 Å². The van der Waals surface area contributed by atoms with E-state index in [0.717, 1.165) is 0 Å². The SMILES string of the molecule is CC(C)CC(C)(OO)OC(=O)C(C)(C)C. The molecule has 0 bridgehead atoms. The van der Waals surface area contributed by atoms with E-state index in [1.54, 1.807) is 27.7 Å². The third kappa shape index (κ3) is 5.14. The first-order valence-corrected chi connectivity index (χ1v) is 5.17. The molecule has 1 N–H and O–H groups in total. The van der Waals surface area contributed by atoms with Crippen LogP contribution in [0.3, 0.4) is 0 Å². The van der Waals surface area contributed by atoms with Gasteiger partial charge in [0, 0.05) is 13.3 Å². The van der Waals surface area contributed by atoms with Gasteiger partial charge in [-0.15, -0.1) is 0 Å². The Morgan fingerprint density at radius 1 is 1.27 bits per heavy atom. The number of esters is 1. The van der Waals surface area contributed by atoms with Crippen molar-refractivity contribution in [3.63, 3.8) is 0 Å². The van der Waals surface area contributed by atoms with E-state index in [4.69, 9.17) is 9.99 Å². The molecule has 0 heterocycles. The molecule has 0 aromatic rings. The maximum Gasteiger partial charge on any atom is 0.313 e. The summed E-state index contributed by atoms with van der Waals surface area (Å²) in [4.78, 5) is 15.9. The molecule has 15 heavy (non-hydrogen) atoms. The Balaban J connectivity index is 4.51. The largest absolute Gasteiger partial charge is 0.430 e. The molecule has 1 unspecified atom stereocenters. The first-order valence-electron chi connectivity index (χ1n) is 5.17. The Hall–Kier alpha value is -0.610. The van der Waals surface area contributed by atoms with Crippen molar-refractivity contribution in [1.82, 2.24) is 0 Å². The average molecular weight is 218 g/mol. The Morgan fingerprint density at radius 3 is 2.00 bits per heavy atom. The average Bonchev–Trinajstić information content (AvgIpc) is 2.00. The quantitative estimate of drug-likeness (QED) is 0.341. The van der Waals surface area contributed by atoms with E-state index in [1.165, 1.54) is 0 Å². The number of hydrogen-bond donors (Lipinski definition) is 1. The fourth-order valence-electron chi connectivity index (χ4n) is 1.19. The highest BCUT2D eigenvalue weighted by Gasteiger charge is 2.35. The van der Waals surface area contributed by atoms with Gasteiger partial charge in [0.05, 0.1) is 5.41 Å². The van der Waals surface area contributed by atoms with Crippen LogP contribution in [0.5, 0.6) is 0 Å². The van der Waals surface area contributed by atoms with Crippen LogP contribution in [0.15, 0.2) is 0 Å². The molecular weight excluding hydrogens is 196 g/mol. The Bertz CT molecular complexity index is 217. The van der Waals surface area contributed by atoms with Gasteiger partial charge in [-0.3, -0.25) is 4.79 Å². The second-order valence-electron chi connectivity index (χ2n) is 5.46. The number of ether oxygens (including phenoxy) is 1. The van der Waals surface area contributed by atoms with E-state index in [9.17, 15) is 4.79 Å². The number of rotatable bonds is 4. The molecule has 0 aliphatic rings. The molecule has 0 fully saturated rings.